The molecule has 2 N–H and O–H groups in total. The number of unbranched alkanes of at least 4 members (excludes halogenated alkanes) is 1. The molecule has 2 aromatic rings. The van der Waals surface area contributed by atoms with E-state index in [0.29, 0.717) is 22.1 Å². The molecule has 0 unspecified atom stereocenters. The van der Waals surface area contributed by atoms with Crippen molar-refractivity contribution in [2.45, 2.75) is 38.6 Å². The fourth-order valence-corrected chi connectivity index (χ4v) is 3.28. The predicted molar refractivity (Wildman–Crippen MR) is 80.8 cm³/mol. The van der Waals surface area contributed by atoms with Gasteiger partial charge in [-0.15, -0.1) is 11.3 Å². The Morgan fingerprint density at radius 1 is 1.45 bits per heavy atom. The van der Waals surface area contributed by atoms with E-state index >= 15 is 0 Å². The lowest BCUT2D eigenvalue weighted by Gasteiger charge is -2.21. The summed E-state index contributed by atoms with van der Waals surface area (Å²) in [5.41, 5.74) is 7.21. The highest BCUT2D eigenvalue weighted by Gasteiger charge is 2.34. The molecular weight excluding hydrogens is 272 g/mol. The number of fused-ring (bicyclic) bond motifs is 1. The number of hydrogen-bond acceptors (Lipinski definition) is 5. The normalized spacial score (nSPS) is 14.7. The first-order valence-electron chi connectivity index (χ1n) is 7.02. The SMILES string of the molecule is CCCCN(C(=O)c1sc2nccnc2c1N)C1CC1. The Bertz CT molecular complexity index is 635. The van der Waals surface area contributed by atoms with Crippen LogP contribution in [0.1, 0.15) is 42.3 Å². The molecule has 1 aliphatic rings. The van der Waals surface area contributed by atoms with Crippen LogP contribution in [0, 0.1) is 0 Å². The highest BCUT2D eigenvalue weighted by molar-refractivity contribution is 7.21. The summed E-state index contributed by atoms with van der Waals surface area (Å²) >= 11 is 1.35. The average Bonchev–Trinajstić information content (AvgIpc) is 3.24. The Labute approximate surface area is 121 Å². The number of carbonyl (C=O) groups is 1. The highest BCUT2D eigenvalue weighted by Crippen LogP contribution is 2.35. The van der Waals surface area contributed by atoms with Gasteiger partial charge in [0.2, 0.25) is 0 Å². The Morgan fingerprint density at radius 3 is 2.85 bits per heavy atom. The van der Waals surface area contributed by atoms with Crippen molar-refractivity contribution in [2.24, 2.45) is 0 Å². The lowest BCUT2D eigenvalue weighted by Crippen LogP contribution is -2.33. The van der Waals surface area contributed by atoms with Gasteiger partial charge < -0.3 is 10.6 Å². The largest absolute Gasteiger partial charge is 0.396 e. The first kappa shape index (κ1) is 13.3. The van der Waals surface area contributed by atoms with Crippen LogP contribution in [0.4, 0.5) is 5.69 Å². The molecule has 2 heterocycles. The van der Waals surface area contributed by atoms with Gasteiger partial charge in [-0.25, -0.2) is 9.97 Å². The zero-order chi connectivity index (χ0) is 14.1. The lowest BCUT2D eigenvalue weighted by atomic mass is 10.2. The number of nitrogens with two attached hydrogens (primary N) is 1. The number of hydrogen-bond donors (Lipinski definition) is 1. The van der Waals surface area contributed by atoms with Gasteiger partial charge in [0.1, 0.15) is 15.2 Å². The first-order valence-corrected chi connectivity index (χ1v) is 7.84. The zero-order valence-electron chi connectivity index (χ0n) is 11.5. The number of anilines is 1. The second kappa shape index (κ2) is 5.36. The molecule has 1 aliphatic carbocycles. The molecule has 1 amide bonds. The molecule has 0 bridgehead atoms. The van der Waals surface area contributed by atoms with Crippen LogP contribution in [0.3, 0.4) is 0 Å². The smallest absolute Gasteiger partial charge is 0.266 e. The zero-order valence-corrected chi connectivity index (χ0v) is 12.3. The van der Waals surface area contributed by atoms with Gasteiger partial charge in [-0.2, -0.15) is 0 Å². The number of thiophene rings is 1. The summed E-state index contributed by atoms with van der Waals surface area (Å²) in [5, 5.41) is 0. The molecule has 0 spiro atoms. The maximum atomic E-state index is 12.7. The molecule has 1 saturated carbocycles. The first-order chi connectivity index (χ1) is 9.72. The van der Waals surface area contributed by atoms with Crippen molar-refractivity contribution in [2.75, 3.05) is 12.3 Å². The van der Waals surface area contributed by atoms with Gasteiger partial charge in [-0.1, -0.05) is 13.3 Å². The second-order valence-corrected chi connectivity index (χ2v) is 6.14. The number of nitrogens with zero attached hydrogens (tertiary/aromatic N) is 3. The van der Waals surface area contributed by atoms with Crippen LogP contribution in [0.5, 0.6) is 0 Å². The Kier molecular flexibility index (Phi) is 3.56. The van der Waals surface area contributed by atoms with Crippen molar-refractivity contribution < 1.29 is 4.79 Å². The van der Waals surface area contributed by atoms with Crippen LogP contribution in [-0.4, -0.2) is 33.4 Å². The monoisotopic (exact) mass is 290 g/mol. The van der Waals surface area contributed by atoms with E-state index in [2.05, 4.69) is 16.9 Å². The molecule has 1 fully saturated rings. The minimum atomic E-state index is 0.0447. The summed E-state index contributed by atoms with van der Waals surface area (Å²) < 4.78 is 0. The van der Waals surface area contributed by atoms with Crippen molar-refractivity contribution in [1.82, 2.24) is 14.9 Å². The number of rotatable bonds is 5. The average molecular weight is 290 g/mol. The van der Waals surface area contributed by atoms with E-state index in [4.69, 9.17) is 5.73 Å². The molecule has 2 aromatic heterocycles. The van der Waals surface area contributed by atoms with Crippen LogP contribution in [0.2, 0.25) is 0 Å². The highest BCUT2D eigenvalue weighted by atomic mass is 32.1. The Hall–Kier alpha value is -1.69. The van der Waals surface area contributed by atoms with E-state index in [1.165, 1.54) is 11.3 Å². The third-order valence-electron chi connectivity index (χ3n) is 3.56. The molecule has 5 nitrogen and oxygen atoms in total. The Morgan fingerprint density at radius 2 is 2.20 bits per heavy atom. The third-order valence-corrected chi connectivity index (χ3v) is 4.65. The predicted octanol–water partition coefficient (Wildman–Crippen LogP) is 2.68. The van der Waals surface area contributed by atoms with Crippen molar-refractivity contribution in [3.05, 3.63) is 17.3 Å². The quantitative estimate of drug-likeness (QED) is 0.919. The fourth-order valence-electron chi connectivity index (χ4n) is 2.30. The van der Waals surface area contributed by atoms with Gasteiger partial charge in [-0.3, -0.25) is 4.79 Å². The van der Waals surface area contributed by atoms with E-state index in [9.17, 15) is 4.79 Å². The summed E-state index contributed by atoms with van der Waals surface area (Å²) in [4.78, 5) is 24.5. The van der Waals surface area contributed by atoms with Gasteiger partial charge in [0, 0.05) is 25.0 Å². The summed E-state index contributed by atoms with van der Waals surface area (Å²) in [5.74, 6) is 0.0447. The van der Waals surface area contributed by atoms with Gasteiger partial charge in [-0.05, 0) is 19.3 Å². The summed E-state index contributed by atoms with van der Waals surface area (Å²) in [6.45, 7) is 2.95. The van der Waals surface area contributed by atoms with E-state index < -0.39 is 0 Å². The van der Waals surface area contributed by atoms with Gasteiger partial charge in [0.25, 0.3) is 5.91 Å². The third kappa shape index (κ3) is 2.35. The number of amides is 1. The molecule has 0 atom stereocenters. The Balaban J connectivity index is 1.92. The second-order valence-electron chi connectivity index (χ2n) is 5.14. The number of nitrogen functional groups attached to an aromatic ring is 1. The standard InChI is InChI=1S/C14H18N4OS/c1-2-3-8-18(9-4-5-9)14(19)12-10(15)11-13(20-12)17-7-6-16-11/h6-7,9H,2-5,8,15H2,1H3. The van der Waals surface area contributed by atoms with Crippen molar-refractivity contribution in [1.29, 1.82) is 0 Å². The van der Waals surface area contributed by atoms with Crippen LogP contribution in [0.25, 0.3) is 10.3 Å². The summed E-state index contributed by atoms with van der Waals surface area (Å²) in [7, 11) is 0. The van der Waals surface area contributed by atoms with Gasteiger partial charge >= 0.3 is 0 Å². The molecule has 6 heteroatoms. The van der Waals surface area contributed by atoms with E-state index in [0.717, 1.165) is 37.1 Å². The van der Waals surface area contributed by atoms with Crippen molar-refractivity contribution in [3.63, 3.8) is 0 Å². The van der Waals surface area contributed by atoms with E-state index in [1.807, 2.05) is 4.90 Å². The molecule has 0 aromatic carbocycles. The molecule has 3 rings (SSSR count). The van der Waals surface area contributed by atoms with Crippen LogP contribution in [-0.2, 0) is 0 Å². The van der Waals surface area contributed by atoms with Gasteiger partial charge in [0.05, 0.1) is 5.69 Å². The maximum absolute atomic E-state index is 12.7. The van der Waals surface area contributed by atoms with Gasteiger partial charge in [0.15, 0.2) is 0 Å². The molecule has 0 aliphatic heterocycles. The summed E-state index contributed by atoms with van der Waals surface area (Å²) in [6.07, 6.45) is 7.57. The van der Waals surface area contributed by atoms with Crippen LogP contribution >= 0.6 is 11.3 Å². The van der Waals surface area contributed by atoms with Crippen molar-refractivity contribution >= 4 is 33.3 Å². The molecule has 106 valence electrons. The molecule has 0 saturated heterocycles. The maximum Gasteiger partial charge on any atom is 0.266 e. The van der Waals surface area contributed by atoms with Crippen LogP contribution < -0.4 is 5.73 Å². The van der Waals surface area contributed by atoms with Crippen molar-refractivity contribution in [3.8, 4) is 0 Å². The molecule has 0 radical (unpaired) electrons. The minimum Gasteiger partial charge on any atom is -0.396 e. The number of carbonyl (C=O) groups excluding carboxylic acids is 1. The molecule has 20 heavy (non-hydrogen) atoms. The number of aromatic nitrogens is 2. The minimum absolute atomic E-state index is 0.0447. The topological polar surface area (TPSA) is 72.1 Å². The summed E-state index contributed by atoms with van der Waals surface area (Å²) in [6, 6.07) is 0.402. The van der Waals surface area contributed by atoms with E-state index in [1.54, 1.807) is 12.4 Å². The lowest BCUT2D eigenvalue weighted by molar-refractivity contribution is 0.0746. The fraction of sp³-hybridized carbons (Fsp3) is 0.500. The van der Waals surface area contributed by atoms with E-state index in [-0.39, 0.29) is 5.91 Å². The van der Waals surface area contributed by atoms with Crippen LogP contribution in [0.15, 0.2) is 12.4 Å². The molecular formula is C14H18N4OS.